The largest absolute Gasteiger partial charge is 0.488 e. The standard InChI is InChI=1S/C23H16FIN2O5/c24-18-6-2-1-4-15(18)13-32-20-8-7-14(11-19(20)25)10-17-21(28)26-23(30)27(22(17)29)12-16-5-3-9-31-16/h1-11H,12-13H2,(H,26,28,30)/b17-10+. The molecular weight excluding hydrogens is 530 g/mol. The molecule has 1 N–H and O–H groups in total. The van der Waals surface area contributed by atoms with Crippen LogP contribution in [0.15, 0.2) is 70.9 Å². The summed E-state index contributed by atoms with van der Waals surface area (Å²) in [5.41, 5.74) is 0.825. The van der Waals surface area contributed by atoms with E-state index < -0.39 is 17.8 Å². The highest BCUT2D eigenvalue weighted by Gasteiger charge is 2.36. The lowest BCUT2D eigenvalue weighted by Gasteiger charge is -2.25. The number of furan rings is 1. The molecule has 7 nitrogen and oxygen atoms in total. The van der Waals surface area contributed by atoms with E-state index in [1.807, 2.05) is 0 Å². The normalized spacial score (nSPS) is 15.2. The molecule has 2 heterocycles. The van der Waals surface area contributed by atoms with Gasteiger partial charge in [-0.25, -0.2) is 9.18 Å². The van der Waals surface area contributed by atoms with Crippen LogP contribution in [0.25, 0.3) is 6.08 Å². The average molecular weight is 546 g/mol. The average Bonchev–Trinajstić information content (AvgIpc) is 3.28. The van der Waals surface area contributed by atoms with Crippen LogP contribution in [0.2, 0.25) is 0 Å². The number of hydrogen-bond donors (Lipinski definition) is 1. The summed E-state index contributed by atoms with van der Waals surface area (Å²) in [5.74, 6) is -0.895. The summed E-state index contributed by atoms with van der Waals surface area (Å²) in [5, 5.41) is 2.17. The first-order valence-corrected chi connectivity index (χ1v) is 10.6. The van der Waals surface area contributed by atoms with Gasteiger partial charge in [0.1, 0.15) is 29.5 Å². The lowest BCUT2D eigenvalue weighted by Crippen LogP contribution is -2.53. The van der Waals surface area contributed by atoms with Gasteiger partial charge in [0.25, 0.3) is 11.8 Å². The van der Waals surface area contributed by atoms with Crippen LogP contribution in [0, 0.1) is 9.39 Å². The second-order valence-electron chi connectivity index (χ2n) is 6.86. The highest BCUT2D eigenvalue weighted by atomic mass is 127. The van der Waals surface area contributed by atoms with Crippen LogP contribution in [0.5, 0.6) is 5.75 Å². The number of hydrogen-bond acceptors (Lipinski definition) is 5. The Morgan fingerprint density at radius 3 is 2.62 bits per heavy atom. The number of ether oxygens (including phenoxy) is 1. The lowest BCUT2D eigenvalue weighted by atomic mass is 10.1. The Hall–Kier alpha value is -3.47. The Morgan fingerprint density at radius 1 is 1.09 bits per heavy atom. The monoisotopic (exact) mass is 546 g/mol. The molecule has 4 rings (SSSR count). The highest BCUT2D eigenvalue weighted by molar-refractivity contribution is 14.1. The predicted molar refractivity (Wildman–Crippen MR) is 121 cm³/mol. The number of imide groups is 2. The summed E-state index contributed by atoms with van der Waals surface area (Å²) in [6.45, 7) is -0.0313. The van der Waals surface area contributed by atoms with Gasteiger partial charge in [0.05, 0.1) is 16.4 Å². The van der Waals surface area contributed by atoms with E-state index in [1.54, 1.807) is 48.5 Å². The van der Waals surface area contributed by atoms with Gasteiger partial charge in [-0.2, -0.15) is 0 Å². The number of nitrogens with zero attached hydrogens (tertiary/aromatic N) is 1. The van der Waals surface area contributed by atoms with E-state index >= 15 is 0 Å². The van der Waals surface area contributed by atoms with Gasteiger partial charge in [0, 0.05) is 5.56 Å². The van der Waals surface area contributed by atoms with Crippen molar-refractivity contribution in [3.8, 4) is 5.75 Å². The summed E-state index contributed by atoms with van der Waals surface area (Å²) in [4.78, 5) is 38.1. The van der Waals surface area contributed by atoms with Crippen molar-refractivity contribution in [1.29, 1.82) is 0 Å². The summed E-state index contributed by atoms with van der Waals surface area (Å²) < 4.78 is 25.4. The second-order valence-corrected chi connectivity index (χ2v) is 8.02. The molecule has 1 saturated heterocycles. The van der Waals surface area contributed by atoms with Gasteiger partial charge in [0.15, 0.2) is 0 Å². The third kappa shape index (κ3) is 4.72. The number of benzene rings is 2. The minimum atomic E-state index is -0.806. The fourth-order valence-electron chi connectivity index (χ4n) is 3.06. The van der Waals surface area contributed by atoms with Crippen molar-refractivity contribution in [2.45, 2.75) is 13.2 Å². The number of amides is 4. The van der Waals surface area contributed by atoms with Gasteiger partial charge >= 0.3 is 6.03 Å². The molecule has 0 radical (unpaired) electrons. The third-order valence-electron chi connectivity index (χ3n) is 4.69. The maximum Gasteiger partial charge on any atom is 0.331 e. The summed E-state index contributed by atoms with van der Waals surface area (Å²) >= 11 is 2.05. The molecule has 0 atom stereocenters. The molecule has 0 spiro atoms. The van der Waals surface area contributed by atoms with Crippen LogP contribution in [0.1, 0.15) is 16.9 Å². The molecule has 1 fully saturated rings. The Kier molecular flexibility index (Phi) is 6.35. The molecule has 1 aliphatic heterocycles. The van der Waals surface area contributed by atoms with E-state index in [1.165, 1.54) is 18.4 Å². The smallest absolute Gasteiger partial charge is 0.331 e. The number of carbonyl (C=O) groups is 3. The van der Waals surface area contributed by atoms with Gasteiger partial charge < -0.3 is 9.15 Å². The molecular formula is C23H16FIN2O5. The molecule has 0 unspecified atom stereocenters. The van der Waals surface area contributed by atoms with E-state index in [9.17, 15) is 18.8 Å². The Labute approximate surface area is 196 Å². The number of nitrogens with one attached hydrogen (secondary N) is 1. The van der Waals surface area contributed by atoms with Gasteiger partial charge in [-0.05, 0) is 64.6 Å². The van der Waals surface area contributed by atoms with E-state index in [0.29, 0.717) is 26.2 Å². The van der Waals surface area contributed by atoms with Crippen LogP contribution < -0.4 is 10.1 Å². The van der Waals surface area contributed by atoms with Crippen molar-refractivity contribution >= 4 is 46.5 Å². The van der Waals surface area contributed by atoms with Crippen LogP contribution in [-0.4, -0.2) is 22.7 Å². The number of carbonyl (C=O) groups excluding carboxylic acids is 3. The van der Waals surface area contributed by atoms with Gasteiger partial charge in [-0.15, -0.1) is 0 Å². The minimum absolute atomic E-state index is 0.0633. The van der Waals surface area contributed by atoms with Crippen molar-refractivity contribution in [2.24, 2.45) is 0 Å². The van der Waals surface area contributed by atoms with Gasteiger partial charge in [0.2, 0.25) is 0 Å². The summed E-state index contributed by atoms with van der Waals surface area (Å²) in [6.07, 6.45) is 2.84. The van der Waals surface area contributed by atoms with Gasteiger partial charge in [-0.1, -0.05) is 24.3 Å². The van der Waals surface area contributed by atoms with E-state index in [2.05, 4.69) is 27.9 Å². The van der Waals surface area contributed by atoms with Gasteiger partial charge in [-0.3, -0.25) is 19.8 Å². The lowest BCUT2D eigenvalue weighted by molar-refractivity contribution is -0.130. The third-order valence-corrected chi connectivity index (χ3v) is 5.53. The number of barbiturate groups is 1. The maximum absolute atomic E-state index is 13.8. The van der Waals surface area contributed by atoms with E-state index in [4.69, 9.17) is 9.15 Å². The molecule has 1 aliphatic rings. The minimum Gasteiger partial charge on any atom is -0.488 e. The quantitative estimate of drug-likeness (QED) is 0.284. The molecule has 32 heavy (non-hydrogen) atoms. The zero-order chi connectivity index (χ0) is 22.7. The summed E-state index contributed by atoms with van der Waals surface area (Å²) in [7, 11) is 0. The Morgan fingerprint density at radius 2 is 1.91 bits per heavy atom. The predicted octanol–water partition coefficient (Wildman–Crippen LogP) is 4.26. The second kappa shape index (κ2) is 9.35. The SMILES string of the molecule is O=C1NC(=O)N(Cc2ccco2)C(=O)/C1=C/c1ccc(OCc2ccccc2F)c(I)c1. The van der Waals surface area contributed by atoms with Crippen LogP contribution in [0.3, 0.4) is 0 Å². The molecule has 2 aromatic carbocycles. The van der Waals surface area contributed by atoms with Crippen molar-refractivity contribution < 1.29 is 27.9 Å². The summed E-state index contributed by atoms with van der Waals surface area (Å²) in [6, 6.07) is 13.9. The van der Waals surface area contributed by atoms with Crippen LogP contribution >= 0.6 is 22.6 Å². The zero-order valence-electron chi connectivity index (χ0n) is 16.5. The molecule has 0 aliphatic carbocycles. The molecule has 4 amide bonds. The Bertz CT molecular complexity index is 1220. The van der Waals surface area contributed by atoms with Crippen LogP contribution in [0.4, 0.5) is 9.18 Å². The first kappa shape index (κ1) is 21.8. The fourth-order valence-corrected chi connectivity index (χ4v) is 3.75. The maximum atomic E-state index is 13.8. The van der Waals surface area contributed by atoms with E-state index in [-0.39, 0.29) is 24.5 Å². The molecule has 0 saturated carbocycles. The number of urea groups is 1. The number of halogens is 2. The van der Waals surface area contributed by atoms with Crippen LogP contribution in [-0.2, 0) is 22.7 Å². The van der Waals surface area contributed by atoms with Crippen molar-refractivity contribution in [3.63, 3.8) is 0 Å². The van der Waals surface area contributed by atoms with Crippen molar-refractivity contribution in [2.75, 3.05) is 0 Å². The molecule has 162 valence electrons. The molecule has 1 aromatic heterocycles. The van der Waals surface area contributed by atoms with Crippen molar-refractivity contribution in [3.05, 3.63) is 92.7 Å². The first-order chi connectivity index (χ1) is 15.4. The first-order valence-electron chi connectivity index (χ1n) is 9.49. The highest BCUT2D eigenvalue weighted by Crippen LogP contribution is 2.25. The zero-order valence-corrected chi connectivity index (χ0v) is 18.7. The van der Waals surface area contributed by atoms with Crippen molar-refractivity contribution in [1.82, 2.24) is 10.2 Å². The fraction of sp³-hybridized carbons (Fsp3) is 0.0870. The topological polar surface area (TPSA) is 88.9 Å². The number of rotatable bonds is 6. The molecule has 0 bridgehead atoms. The molecule has 3 aromatic rings. The van der Waals surface area contributed by atoms with E-state index in [0.717, 1.165) is 4.90 Å². The molecule has 9 heteroatoms. The Balaban J connectivity index is 1.52.